The molecule has 3 N–H and O–H groups in total. The summed E-state index contributed by atoms with van der Waals surface area (Å²) in [6, 6.07) is 3.44. The Labute approximate surface area is 126 Å². The van der Waals surface area contributed by atoms with Crippen molar-refractivity contribution >= 4 is 5.91 Å². The first-order valence-corrected chi connectivity index (χ1v) is 7.13. The zero-order valence-corrected chi connectivity index (χ0v) is 11.8. The Morgan fingerprint density at radius 3 is 2.55 bits per heavy atom. The van der Waals surface area contributed by atoms with Gasteiger partial charge in [-0.25, -0.2) is 0 Å². The standard InChI is InChI=1S/C15H18F3NO3/c16-15(17,18)10-5-3-4-9(8-10)14(22)19-11-6-1-2-7-12(20)13(11)21/h3-5,8,11-13,20-21H,1-2,6-7H2,(H,19,22)/t11-,12-,13-/m1/s1. The van der Waals surface area contributed by atoms with Gasteiger partial charge in [0, 0.05) is 5.56 Å². The smallest absolute Gasteiger partial charge is 0.390 e. The molecule has 0 unspecified atom stereocenters. The van der Waals surface area contributed by atoms with Crippen molar-refractivity contribution in [2.24, 2.45) is 0 Å². The molecule has 0 saturated heterocycles. The highest BCUT2D eigenvalue weighted by Gasteiger charge is 2.32. The molecule has 1 aliphatic carbocycles. The molecule has 2 rings (SSSR count). The van der Waals surface area contributed by atoms with Crippen LogP contribution in [-0.4, -0.2) is 34.4 Å². The van der Waals surface area contributed by atoms with Gasteiger partial charge in [-0.3, -0.25) is 4.79 Å². The Hall–Kier alpha value is -1.60. The first-order valence-electron chi connectivity index (χ1n) is 7.13. The average molecular weight is 317 g/mol. The van der Waals surface area contributed by atoms with Crippen LogP contribution in [0.3, 0.4) is 0 Å². The summed E-state index contributed by atoms with van der Waals surface area (Å²) in [7, 11) is 0. The number of hydrogen-bond acceptors (Lipinski definition) is 3. The summed E-state index contributed by atoms with van der Waals surface area (Å²) in [6.07, 6.45) is -4.20. The summed E-state index contributed by atoms with van der Waals surface area (Å²) in [5, 5.41) is 22.2. The molecule has 22 heavy (non-hydrogen) atoms. The van der Waals surface area contributed by atoms with Crippen LogP contribution in [0.2, 0.25) is 0 Å². The predicted molar refractivity (Wildman–Crippen MR) is 73.2 cm³/mol. The van der Waals surface area contributed by atoms with Crippen LogP contribution in [0.1, 0.15) is 41.6 Å². The summed E-state index contributed by atoms with van der Waals surface area (Å²) < 4.78 is 38.0. The van der Waals surface area contributed by atoms with Crippen molar-refractivity contribution in [3.63, 3.8) is 0 Å². The lowest BCUT2D eigenvalue weighted by molar-refractivity contribution is -0.137. The van der Waals surface area contributed by atoms with Crippen molar-refractivity contribution in [2.45, 2.75) is 50.1 Å². The van der Waals surface area contributed by atoms with Gasteiger partial charge in [-0.1, -0.05) is 18.9 Å². The SMILES string of the molecule is O=C(N[C@@H]1CCCC[C@@H](O)[C@@H]1O)c1cccc(C(F)(F)F)c1. The normalized spacial score (nSPS) is 26.3. The van der Waals surface area contributed by atoms with Crippen LogP contribution in [-0.2, 0) is 6.18 Å². The highest BCUT2D eigenvalue weighted by molar-refractivity contribution is 5.94. The summed E-state index contributed by atoms with van der Waals surface area (Å²) in [6.45, 7) is 0. The first-order chi connectivity index (χ1) is 10.3. The highest BCUT2D eigenvalue weighted by atomic mass is 19.4. The van der Waals surface area contributed by atoms with E-state index in [-0.39, 0.29) is 5.56 Å². The van der Waals surface area contributed by atoms with Crippen LogP contribution in [0, 0.1) is 0 Å². The number of rotatable bonds is 2. The molecule has 122 valence electrons. The summed E-state index contributed by atoms with van der Waals surface area (Å²) in [4.78, 5) is 12.1. The minimum atomic E-state index is -4.52. The third-order valence-electron chi connectivity index (χ3n) is 3.84. The molecule has 3 atom stereocenters. The number of alkyl halides is 3. The van der Waals surface area contributed by atoms with E-state index in [9.17, 15) is 28.2 Å². The van der Waals surface area contributed by atoms with Gasteiger partial charge in [0.25, 0.3) is 5.91 Å². The van der Waals surface area contributed by atoms with Crippen molar-refractivity contribution < 1.29 is 28.2 Å². The lowest BCUT2D eigenvalue weighted by atomic mass is 10.0. The molecule has 0 bridgehead atoms. The van der Waals surface area contributed by atoms with Crippen molar-refractivity contribution in [3.05, 3.63) is 35.4 Å². The number of aliphatic hydroxyl groups excluding tert-OH is 2. The molecule has 1 saturated carbocycles. The number of carbonyl (C=O) groups excluding carboxylic acids is 1. The van der Waals surface area contributed by atoms with E-state index in [1.54, 1.807) is 0 Å². The lowest BCUT2D eigenvalue weighted by Gasteiger charge is -2.25. The lowest BCUT2D eigenvalue weighted by Crippen LogP contribution is -2.47. The fraction of sp³-hybridized carbons (Fsp3) is 0.533. The highest BCUT2D eigenvalue weighted by Crippen LogP contribution is 2.29. The average Bonchev–Trinajstić information content (AvgIpc) is 2.62. The Balaban J connectivity index is 2.11. The van der Waals surface area contributed by atoms with Crippen LogP contribution < -0.4 is 5.32 Å². The number of hydrogen-bond donors (Lipinski definition) is 3. The Bertz CT molecular complexity index is 533. The Morgan fingerprint density at radius 2 is 1.86 bits per heavy atom. The van der Waals surface area contributed by atoms with Gasteiger partial charge in [-0.15, -0.1) is 0 Å². The number of amides is 1. The number of nitrogens with one attached hydrogen (secondary N) is 1. The van der Waals surface area contributed by atoms with Crippen LogP contribution in [0.25, 0.3) is 0 Å². The summed E-state index contributed by atoms with van der Waals surface area (Å²) in [5.41, 5.74) is -1.03. The van der Waals surface area contributed by atoms with Gasteiger partial charge in [-0.05, 0) is 31.0 Å². The second-order valence-electron chi connectivity index (χ2n) is 5.50. The molecule has 1 aromatic rings. The Kier molecular flexibility index (Phi) is 5.08. The van der Waals surface area contributed by atoms with E-state index >= 15 is 0 Å². The van der Waals surface area contributed by atoms with Crippen LogP contribution in [0.15, 0.2) is 24.3 Å². The van der Waals surface area contributed by atoms with Gasteiger partial charge in [0.05, 0.1) is 23.8 Å². The number of halogens is 3. The maximum absolute atomic E-state index is 12.7. The van der Waals surface area contributed by atoms with Crippen LogP contribution in [0.5, 0.6) is 0 Å². The van der Waals surface area contributed by atoms with Gasteiger partial charge in [0.2, 0.25) is 0 Å². The molecule has 0 radical (unpaired) electrons. The minimum absolute atomic E-state index is 0.124. The fourth-order valence-corrected chi connectivity index (χ4v) is 2.57. The van der Waals surface area contributed by atoms with Crippen LogP contribution in [0.4, 0.5) is 13.2 Å². The van der Waals surface area contributed by atoms with E-state index < -0.39 is 35.9 Å². The van der Waals surface area contributed by atoms with Gasteiger partial charge >= 0.3 is 6.18 Å². The first kappa shape index (κ1) is 16.8. The predicted octanol–water partition coefficient (Wildman–Crippen LogP) is 2.10. The summed E-state index contributed by atoms with van der Waals surface area (Å²) in [5.74, 6) is -0.691. The third-order valence-corrected chi connectivity index (χ3v) is 3.84. The molecule has 1 aromatic carbocycles. The zero-order valence-electron chi connectivity index (χ0n) is 11.8. The van der Waals surface area contributed by atoms with Crippen LogP contribution >= 0.6 is 0 Å². The molecular weight excluding hydrogens is 299 g/mol. The van der Waals surface area contributed by atoms with Crippen molar-refractivity contribution in [1.29, 1.82) is 0 Å². The quantitative estimate of drug-likeness (QED) is 0.732. The molecule has 1 fully saturated rings. The van der Waals surface area contributed by atoms with Gasteiger partial charge in [0.1, 0.15) is 0 Å². The molecule has 0 spiro atoms. The maximum Gasteiger partial charge on any atom is 0.416 e. The molecule has 4 nitrogen and oxygen atoms in total. The topological polar surface area (TPSA) is 69.6 Å². The van der Waals surface area contributed by atoms with Gasteiger partial charge in [-0.2, -0.15) is 13.2 Å². The molecule has 0 aromatic heterocycles. The second kappa shape index (κ2) is 6.66. The number of benzene rings is 1. The molecule has 0 heterocycles. The van der Waals surface area contributed by atoms with E-state index in [0.717, 1.165) is 31.0 Å². The largest absolute Gasteiger partial charge is 0.416 e. The van der Waals surface area contributed by atoms with E-state index in [4.69, 9.17) is 0 Å². The molecule has 0 aliphatic heterocycles. The van der Waals surface area contributed by atoms with Crippen molar-refractivity contribution in [3.8, 4) is 0 Å². The van der Waals surface area contributed by atoms with E-state index in [0.29, 0.717) is 12.8 Å². The second-order valence-corrected chi connectivity index (χ2v) is 5.50. The van der Waals surface area contributed by atoms with Crippen molar-refractivity contribution in [2.75, 3.05) is 0 Å². The fourth-order valence-electron chi connectivity index (χ4n) is 2.57. The molecule has 1 aliphatic rings. The third kappa shape index (κ3) is 3.98. The Morgan fingerprint density at radius 1 is 1.18 bits per heavy atom. The number of aliphatic hydroxyl groups is 2. The minimum Gasteiger partial charge on any atom is -0.390 e. The maximum atomic E-state index is 12.7. The van der Waals surface area contributed by atoms with Gasteiger partial charge in [0.15, 0.2) is 0 Å². The van der Waals surface area contributed by atoms with Crippen molar-refractivity contribution in [1.82, 2.24) is 5.32 Å². The van der Waals surface area contributed by atoms with E-state index in [2.05, 4.69) is 5.32 Å². The van der Waals surface area contributed by atoms with Gasteiger partial charge < -0.3 is 15.5 Å². The molecule has 7 heteroatoms. The zero-order chi connectivity index (χ0) is 16.3. The van der Waals surface area contributed by atoms with E-state index in [1.807, 2.05) is 0 Å². The van der Waals surface area contributed by atoms with E-state index in [1.165, 1.54) is 6.07 Å². The summed E-state index contributed by atoms with van der Waals surface area (Å²) >= 11 is 0. The molecular formula is C15H18F3NO3. The monoisotopic (exact) mass is 317 g/mol. The number of carbonyl (C=O) groups is 1. The molecule has 1 amide bonds.